The molecule has 0 aromatic heterocycles. The molecule has 0 aliphatic heterocycles. The lowest BCUT2D eigenvalue weighted by molar-refractivity contribution is 0.305. The van der Waals surface area contributed by atoms with E-state index in [1.54, 1.807) is 6.07 Å². The highest BCUT2D eigenvalue weighted by atomic mass is 19.1. The number of guanidine groups is 1. The maximum atomic E-state index is 13.3. The molecule has 0 saturated heterocycles. The number of nitrogens with zero attached hydrogens (tertiary/aromatic N) is 2. The Morgan fingerprint density at radius 2 is 2.21 bits per heavy atom. The molecule has 1 aromatic carbocycles. The van der Waals surface area contributed by atoms with Gasteiger partial charge in [0.1, 0.15) is 5.82 Å². The van der Waals surface area contributed by atoms with Gasteiger partial charge >= 0.3 is 0 Å². The number of benzene rings is 1. The molecule has 1 rings (SSSR count). The van der Waals surface area contributed by atoms with Crippen molar-refractivity contribution in [2.24, 2.45) is 10.7 Å². The molecule has 0 fully saturated rings. The zero-order chi connectivity index (χ0) is 14.3. The Bertz CT molecular complexity index is 418. The molecule has 0 aliphatic carbocycles. The normalized spacial score (nSPS) is 13.6. The van der Waals surface area contributed by atoms with Gasteiger partial charge in [-0.2, -0.15) is 0 Å². The maximum Gasteiger partial charge on any atom is 0.188 e. The second-order valence-electron chi connectivity index (χ2n) is 4.69. The van der Waals surface area contributed by atoms with E-state index in [2.05, 4.69) is 17.2 Å². The summed E-state index contributed by atoms with van der Waals surface area (Å²) in [6.45, 7) is 3.37. The van der Waals surface area contributed by atoms with Crippen LogP contribution in [0.4, 0.5) is 4.39 Å². The minimum absolute atomic E-state index is 0.0117. The first-order valence-corrected chi connectivity index (χ1v) is 6.50. The van der Waals surface area contributed by atoms with E-state index < -0.39 is 0 Å². The average Bonchev–Trinajstić information content (AvgIpc) is 2.36. The van der Waals surface area contributed by atoms with Crippen LogP contribution in [0.25, 0.3) is 0 Å². The largest absolute Gasteiger partial charge is 0.370 e. The lowest BCUT2D eigenvalue weighted by atomic mass is 10.1. The van der Waals surface area contributed by atoms with Crippen LogP contribution >= 0.6 is 0 Å². The molecule has 1 atom stereocenters. The highest BCUT2D eigenvalue weighted by Gasteiger charge is 2.14. The fraction of sp³-hybridized carbons (Fsp3) is 0.500. The summed E-state index contributed by atoms with van der Waals surface area (Å²) >= 11 is 0. The molecule has 19 heavy (non-hydrogen) atoms. The van der Waals surface area contributed by atoms with Crippen LogP contribution in [0.15, 0.2) is 29.3 Å². The van der Waals surface area contributed by atoms with Crippen LogP contribution in [0.2, 0.25) is 0 Å². The van der Waals surface area contributed by atoms with Crippen molar-refractivity contribution in [2.75, 3.05) is 27.2 Å². The third-order valence-corrected chi connectivity index (χ3v) is 2.85. The highest BCUT2D eigenvalue weighted by molar-refractivity contribution is 5.77. The Balaban J connectivity index is 2.74. The van der Waals surface area contributed by atoms with Crippen LogP contribution < -0.4 is 11.1 Å². The third-order valence-electron chi connectivity index (χ3n) is 2.85. The Hall–Kier alpha value is -1.62. The second-order valence-corrected chi connectivity index (χ2v) is 4.69. The van der Waals surface area contributed by atoms with Gasteiger partial charge in [0.05, 0.1) is 12.6 Å². The number of hydrogen-bond acceptors (Lipinski definition) is 2. The number of halogens is 1. The number of aliphatic imine (C=N–C) groups is 1. The van der Waals surface area contributed by atoms with E-state index in [1.807, 2.05) is 25.1 Å². The van der Waals surface area contributed by atoms with Gasteiger partial charge < -0.3 is 16.0 Å². The quantitative estimate of drug-likeness (QED) is 0.609. The van der Waals surface area contributed by atoms with Crippen molar-refractivity contribution in [3.05, 3.63) is 35.6 Å². The second kappa shape index (κ2) is 7.74. The van der Waals surface area contributed by atoms with E-state index >= 15 is 0 Å². The molecular formula is C14H23FN4. The number of nitrogens with one attached hydrogen (secondary N) is 1. The van der Waals surface area contributed by atoms with Gasteiger partial charge in [-0.15, -0.1) is 0 Å². The smallest absolute Gasteiger partial charge is 0.188 e. The summed E-state index contributed by atoms with van der Waals surface area (Å²) in [5.74, 6) is 0.204. The Labute approximate surface area is 114 Å². The van der Waals surface area contributed by atoms with Crippen molar-refractivity contribution < 1.29 is 4.39 Å². The first kappa shape index (κ1) is 15.4. The summed E-state index contributed by atoms with van der Waals surface area (Å²) in [5, 5.41) is 3.02. The zero-order valence-corrected chi connectivity index (χ0v) is 11.9. The number of likely N-dealkylation sites (N-methyl/N-ethyl adjacent to an activating group) is 1. The molecule has 0 bridgehead atoms. The maximum absolute atomic E-state index is 13.3. The summed E-state index contributed by atoms with van der Waals surface area (Å²) in [6, 6.07) is 6.60. The van der Waals surface area contributed by atoms with E-state index in [4.69, 9.17) is 5.73 Å². The van der Waals surface area contributed by atoms with Gasteiger partial charge in [-0.1, -0.05) is 19.1 Å². The summed E-state index contributed by atoms with van der Waals surface area (Å²) in [4.78, 5) is 6.31. The predicted molar refractivity (Wildman–Crippen MR) is 77.6 cm³/mol. The van der Waals surface area contributed by atoms with Crippen LogP contribution in [0, 0.1) is 5.82 Å². The van der Waals surface area contributed by atoms with E-state index in [9.17, 15) is 4.39 Å². The van der Waals surface area contributed by atoms with Crippen LogP contribution in [-0.4, -0.2) is 38.0 Å². The topological polar surface area (TPSA) is 53.6 Å². The fourth-order valence-electron chi connectivity index (χ4n) is 1.77. The minimum atomic E-state index is -0.231. The van der Waals surface area contributed by atoms with Crippen molar-refractivity contribution in [3.63, 3.8) is 0 Å². The molecule has 1 unspecified atom stereocenters. The van der Waals surface area contributed by atoms with Gasteiger partial charge in [0.15, 0.2) is 5.96 Å². The number of hydrogen-bond donors (Lipinski definition) is 2. The molecule has 0 amide bonds. The van der Waals surface area contributed by atoms with Crippen LogP contribution in [-0.2, 0) is 0 Å². The van der Waals surface area contributed by atoms with E-state index in [0.717, 1.165) is 18.5 Å². The molecule has 106 valence electrons. The molecule has 5 heteroatoms. The Kier molecular flexibility index (Phi) is 6.29. The lowest BCUT2D eigenvalue weighted by Gasteiger charge is -2.23. The van der Waals surface area contributed by atoms with Crippen molar-refractivity contribution in [1.82, 2.24) is 10.2 Å². The van der Waals surface area contributed by atoms with Gasteiger partial charge in [0.25, 0.3) is 0 Å². The lowest BCUT2D eigenvalue weighted by Crippen LogP contribution is -2.33. The van der Waals surface area contributed by atoms with Crippen LogP contribution in [0.1, 0.15) is 24.9 Å². The Morgan fingerprint density at radius 3 is 2.79 bits per heavy atom. The number of rotatable bonds is 6. The monoisotopic (exact) mass is 266 g/mol. The standard InChI is InChI=1S/C14H23FN4/c1-4-8-17-14(16)18-10-13(19(2)3)11-6-5-7-12(15)9-11/h5-7,9,13H,4,8,10H2,1-3H3,(H3,16,17,18). The van der Waals surface area contributed by atoms with Crippen molar-refractivity contribution >= 4 is 5.96 Å². The predicted octanol–water partition coefficient (Wildman–Crippen LogP) is 1.74. The molecule has 0 radical (unpaired) electrons. The van der Waals surface area contributed by atoms with Gasteiger partial charge in [-0.25, -0.2) is 4.39 Å². The van der Waals surface area contributed by atoms with Crippen molar-refractivity contribution in [2.45, 2.75) is 19.4 Å². The van der Waals surface area contributed by atoms with E-state index in [0.29, 0.717) is 12.5 Å². The first-order chi connectivity index (χ1) is 9.04. The summed E-state index contributed by atoms with van der Waals surface area (Å²) in [7, 11) is 3.89. The van der Waals surface area contributed by atoms with E-state index in [-0.39, 0.29) is 11.9 Å². The SMILES string of the molecule is CCCNC(N)=NCC(c1cccc(F)c1)N(C)C. The summed E-state index contributed by atoms with van der Waals surface area (Å²) < 4.78 is 13.3. The Morgan fingerprint density at radius 1 is 1.47 bits per heavy atom. The fourth-order valence-corrected chi connectivity index (χ4v) is 1.77. The summed E-state index contributed by atoms with van der Waals surface area (Å²) in [6.07, 6.45) is 0.997. The molecular weight excluding hydrogens is 243 g/mol. The highest BCUT2D eigenvalue weighted by Crippen LogP contribution is 2.19. The van der Waals surface area contributed by atoms with Gasteiger partial charge in [0.2, 0.25) is 0 Å². The zero-order valence-electron chi connectivity index (χ0n) is 11.9. The van der Waals surface area contributed by atoms with Gasteiger partial charge in [0, 0.05) is 6.54 Å². The van der Waals surface area contributed by atoms with Crippen LogP contribution in [0.3, 0.4) is 0 Å². The molecule has 0 aliphatic rings. The minimum Gasteiger partial charge on any atom is -0.370 e. The molecule has 4 nitrogen and oxygen atoms in total. The number of nitrogens with two attached hydrogens (primary N) is 1. The average molecular weight is 266 g/mol. The summed E-state index contributed by atoms with van der Waals surface area (Å²) in [5.41, 5.74) is 6.66. The molecule has 0 saturated carbocycles. The molecule has 3 N–H and O–H groups in total. The third kappa shape index (κ3) is 5.26. The van der Waals surface area contributed by atoms with Gasteiger partial charge in [-0.05, 0) is 38.2 Å². The molecule has 1 aromatic rings. The molecule has 0 heterocycles. The molecule has 0 spiro atoms. The van der Waals surface area contributed by atoms with Gasteiger partial charge in [-0.3, -0.25) is 4.99 Å². The first-order valence-electron chi connectivity index (χ1n) is 6.50. The van der Waals surface area contributed by atoms with Crippen molar-refractivity contribution in [1.29, 1.82) is 0 Å². The van der Waals surface area contributed by atoms with Crippen LogP contribution in [0.5, 0.6) is 0 Å². The van der Waals surface area contributed by atoms with Crippen molar-refractivity contribution in [3.8, 4) is 0 Å². The van der Waals surface area contributed by atoms with E-state index in [1.165, 1.54) is 12.1 Å².